The fraction of sp³-hybridized carbons (Fsp3) is 0.579. The molecule has 0 fully saturated rings. The maximum atomic E-state index is 12.5. The van der Waals surface area contributed by atoms with E-state index in [0.717, 1.165) is 11.3 Å². The molecule has 1 rings (SSSR count). The molecule has 0 saturated heterocycles. The van der Waals surface area contributed by atoms with Crippen molar-refractivity contribution in [2.45, 2.75) is 58.9 Å². The predicted molar refractivity (Wildman–Crippen MR) is 94.3 cm³/mol. The lowest BCUT2D eigenvalue weighted by atomic mass is 9.83. The first-order chi connectivity index (χ1) is 11.1. The van der Waals surface area contributed by atoms with Crippen LogP contribution in [0.3, 0.4) is 0 Å². The Morgan fingerprint density at radius 3 is 2.25 bits per heavy atom. The van der Waals surface area contributed by atoms with E-state index in [9.17, 15) is 9.59 Å². The largest absolute Gasteiger partial charge is 0.493 e. The molecule has 0 radical (unpaired) electrons. The Morgan fingerprint density at radius 1 is 1.17 bits per heavy atom. The van der Waals surface area contributed by atoms with Crippen molar-refractivity contribution in [2.24, 2.45) is 5.92 Å². The smallest absolute Gasteiger partial charge is 0.303 e. The molecule has 134 valence electrons. The summed E-state index contributed by atoms with van der Waals surface area (Å²) >= 11 is 0. The van der Waals surface area contributed by atoms with Crippen LogP contribution >= 0.6 is 0 Å². The summed E-state index contributed by atoms with van der Waals surface area (Å²) in [6.45, 7) is 10.4. The predicted octanol–water partition coefficient (Wildman–Crippen LogP) is 3.37. The highest BCUT2D eigenvalue weighted by Gasteiger charge is 2.30. The molecule has 0 aliphatic heterocycles. The lowest BCUT2D eigenvalue weighted by Gasteiger charge is -2.26. The van der Waals surface area contributed by atoms with Crippen molar-refractivity contribution < 1.29 is 19.4 Å². The van der Waals surface area contributed by atoms with Gasteiger partial charge in [0.1, 0.15) is 5.75 Å². The average Bonchev–Trinajstić information content (AvgIpc) is 2.51. The molecule has 0 bridgehead atoms. The average molecular weight is 335 g/mol. The number of carboxylic acids is 1. The van der Waals surface area contributed by atoms with Gasteiger partial charge in [-0.15, -0.1) is 0 Å². The molecule has 0 aliphatic carbocycles. The zero-order chi connectivity index (χ0) is 18.3. The molecular weight excluding hydrogens is 306 g/mol. The summed E-state index contributed by atoms with van der Waals surface area (Å²) in [5.41, 5.74) is 0.191. The number of rotatable bonds is 9. The Labute approximate surface area is 144 Å². The topological polar surface area (TPSA) is 75.6 Å². The van der Waals surface area contributed by atoms with E-state index in [1.807, 2.05) is 45.0 Å². The standard InChI is InChI=1S/C19H29NO4/c1-13(2)12-24-16-9-7-15(8-10-16)19(4,5)18(23)20-14(3)6-11-17(21)22/h7-10,13-14H,6,11-12H2,1-5H3,(H,20,23)(H,21,22). The second-order valence-corrected chi connectivity index (χ2v) is 7.16. The summed E-state index contributed by atoms with van der Waals surface area (Å²) in [6, 6.07) is 7.37. The number of carbonyl (C=O) groups is 2. The van der Waals surface area contributed by atoms with Crippen LogP contribution in [-0.2, 0) is 15.0 Å². The molecular formula is C19H29NO4. The highest BCUT2D eigenvalue weighted by Crippen LogP contribution is 2.26. The monoisotopic (exact) mass is 335 g/mol. The fourth-order valence-electron chi connectivity index (χ4n) is 2.18. The molecule has 0 aliphatic rings. The lowest BCUT2D eigenvalue weighted by Crippen LogP contribution is -2.44. The van der Waals surface area contributed by atoms with Crippen LogP contribution in [-0.4, -0.2) is 29.6 Å². The molecule has 1 unspecified atom stereocenters. The summed E-state index contributed by atoms with van der Waals surface area (Å²) < 4.78 is 5.66. The molecule has 0 aromatic heterocycles. The molecule has 5 nitrogen and oxygen atoms in total. The van der Waals surface area contributed by atoms with Gasteiger partial charge in [-0.3, -0.25) is 9.59 Å². The van der Waals surface area contributed by atoms with Gasteiger partial charge in [-0.05, 0) is 50.8 Å². The van der Waals surface area contributed by atoms with E-state index < -0.39 is 11.4 Å². The highest BCUT2D eigenvalue weighted by molar-refractivity contribution is 5.87. The minimum Gasteiger partial charge on any atom is -0.493 e. The Bertz CT molecular complexity index is 549. The van der Waals surface area contributed by atoms with Crippen molar-refractivity contribution in [1.82, 2.24) is 5.32 Å². The van der Waals surface area contributed by atoms with Crippen LogP contribution in [0.25, 0.3) is 0 Å². The zero-order valence-corrected chi connectivity index (χ0v) is 15.3. The lowest BCUT2D eigenvalue weighted by molar-refractivity contribution is -0.137. The Morgan fingerprint density at radius 2 is 1.75 bits per heavy atom. The number of hydrogen-bond acceptors (Lipinski definition) is 3. The van der Waals surface area contributed by atoms with Crippen LogP contribution in [0.15, 0.2) is 24.3 Å². The van der Waals surface area contributed by atoms with Crippen LogP contribution in [0.5, 0.6) is 5.75 Å². The number of hydrogen-bond donors (Lipinski definition) is 2. The summed E-state index contributed by atoms with van der Waals surface area (Å²) in [5, 5.41) is 11.6. The van der Waals surface area contributed by atoms with Gasteiger partial charge in [0.25, 0.3) is 0 Å². The number of amides is 1. The normalized spacial score (nSPS) is 12.8. The van der Waals surface area contributed by atoms with Crippen LogP contribution in [0.2, 0.25) is 0 Å². The molecule has 0 saturated carbocycles. The number of nitrogens with one attached hydrogen (secondary N) is 1. The number of benzene rings is 1. The van der Waals surface area contributed by atoms with Gasteiger partial charge >= 0.3 is 5.97 Å². The number of ether oxygens (including phenoxy) is 1. The molecule has 0 heterocycles. The summed E-state index contributed by atoms with van der Waals surface area (Å²) in [4.78, 5) is 23.1. The van der Waals surface area contributed by atoms with E-state index in [0.29, 0.717) is 18.9 Å². The molecule has 24 heavy (non-hydrogen) atoms. The van der Waals surface area contributed by atoms with E-state index in [1.165, 1.54) is 0 Å². The summed E-state index contributed by atoms with van der Waals surface area (Å²) in [5.74, 6) is 0.279. The first-order valence-corrected chi connectivity index (χ1v) is 8.39. The molecule has 1 amide bonds. The molecule has 0 spiro atoms. The fourth-order valence-corrected chi connectivity index (χ4v) is 2.18. The maximum absolute atomic E-state index is 12.5. The van der Waals surface area contributed by atoms with Crippen LogP contribution in [0.4, 0.5) is 0 Å². The SMILES string of the molecule is CC(C)COc1ccc(C(C)(C)C(=O)NC(C)CCC(=O)O)cc1. The number of carboxylic acid groups (broad SMARTS) is 1. The summed E-state index contributed by atoms with van der Waals surface area (Å²) in [6.07, 6.45) is 0.461. The Kier molecular flexibility index (Phi) is 7.26. The minimum absolute atomic E-state index is 0.0454. The van der Waals surface area contributed by atoms with Crippen molar-refractivity contribution in [3.63, 3.8) is 0 Å². The van der Waals surface area contributed by atoms with Gasteiger partial charge in [0.2, 0.25) is 5.91 Å². The van der Waals surface area contributed by atoms with Gasteiger partial charge in [-0.25, -0.2) is 0 Å². The third-order valence-corrected chi connectivity index (χ3v) is 3.90. The van der Waals surface area contributed by atoms with Gasteiger partial charge in [0.15, 0.2) is 0 Å². The van der Waals surface area contributed by atoms with Gasteiger partial charge in [-0.2, -0.15) is 0 Å². The first-order valence-electron chi connectivity index (χ1n) is 8.39. The van der Waals surface area contributed by atoms with Gasteiger partial charge in [0.05, 0.1) is 12.0 Å². The van der Waals surface area contributed by atoms with Crippen molar-refractivity contribution in [1.29, 1.82) is 0 Å². The molecule has 1 aromatic rings. The van der Waals surface area contributed by atoms with Crippen LogP contribution < -0.4 is 10.1 Å². The quantitative estimate of drug-likeness (QED) is 0.725. The summed E-state index contributed by atoms with van der Waals surface area (Å²) in [7, 11) is 0. The van der Waals surface area contributed by atoms with Crippen LogP contribution in [0.1, 0.15) is 53.0 Å². The van der Waals surface area contributed by atoms with Crippen molar-refractivity contribution in [3.8, 4) is 5.75 Å². The molecule has 1 aromatic carbocycles. The Balaban J connectivity index is 2.68. The molecule has 1 atom stereocenters. The zero-order valence-electron chi connectivity index (χ0n) is 15.3. The number of carbonyl (C=O) groups excluding carboxylic acids is 1. The van der Waals surface area contributed by atoms with Gasteiger partial charge in [-0.1, -0.05) is 26.0 Å². The first kappa shape index (κ1) is 20.0. The molecule has 5 heteroatoms. The molecule has 2 N–H and O–H groups in total. The van der Waals surface area contributed by atoms with E-state index in [-0.39, 0.29) is 18.4 Å². The van der Waals surface area contributed by atoms with Crippen molar-refractivity contribution in [2.75, 3.05) is 6.61 Å². The van der Waals surface area contributed by atoms with E-state index in [4.69, 9.17) is 9.84 Å². The van der Waals surface area contributed by atoms with Crippen molar-refractivity contribution in [3.05, 3.63) is 29.8 Å². The van der Waals surface area contributed by atoms with E-state index in [1.54, 1.807) is 0 Å². The second-order valence-electron chi connectivity index (χ2n) is 7.16. The van der Waals surface area contributed by atoms with Gasteiger partial charge < -0.3 is 15.2 Å². The van der Waals surface area contributed by atoms with Crippen LogP contribution in [0, 0.1) is 5.92 Å². The maximum Gasteiger partial charge on any atom is 0.303 e. The van der Waals surface area contributed by atoms with Crippen molar-refractivity contribution >= 4 is 11.9 Å². The number of aliphatic carboxylic acids is 1. The Hall–Kier alpha value is -2.04. The van der Waals surface area contributed by atoms with E-state index >= 15 is 0 Å². The van der Waals surface area contributed by atoms with E-state index in [2.05, 4.69) is 19.2 Å². The second kappa shape index (κ2) is 8.71. The minimum atomic E-state index is -0.854. The highest BCUT2D eigenvalue weighted by atomic mass is 16.5. The third-order valence-electron chi connectivity index (χ3n) is 3.90. The third kappa shape index (κ3) is 6.22. The van der Waals surface area contributed by atoms with Gasteiger partial charge in [0, 0.05) is 12.5 Å².